The van der Waals surface area contributed by atoms with E-state index in [4.69, 9.17) is 11.6 Å². The molecule has 0 radical (unpaired) electrons. The number of carbonyl (C=O) groups excluding carboxylic acids is 2. The van der Waals surface area contributed by atoms with Gasteiger partial charge in [0.15, 0.2) is 0 Å². The average Bonchev–Trinajstić information content (AvgIpc) is 2.96. The van der Waals surface area contributed by atoms with Crippen molar-refractivity contribution in [2.24, 2.45) is 0 Å². The zero-order valence-corrected chi connectivity index (χ0v) is 18.1. The first-order chi connectivity index (χ1) is 14.5. The third-order valence-electron chi connectivity index (χ3n) is 4.94. The predicted octanol–water partition coefficient (Wildman–Crippen LogP) is 5.95. The minimum atomic E-state index is -0.401. The van der Waals surface area contributed by atoms with E-state index in [2.05, 4.69) is 5.32 Å². The first-order valence-corrected chi connectivity index (χ1v) is 10.6. The first kappa shape index (κ1) is 20.3. The number of carbonyl (C=O) groups is 2. The van der Waals surface area contributed by atoms with Gasteiger partial charge < -0.3 is 5.32 Å². The molecule has 0 atom stereocenters. The van der Waals surface area contributed by atoms with Crippen molar-refractivity contribution < 1.29 is 9.59 Å². The van der Waals surface area contributed by atoms with Gasteiger partial charge in [0, 0.05) is 15.6 Å². The van der Waals surface area contributed by atoms with Crippen LogP contribution >= 0.6 is 23.4 Å². The highest BCUT2D eigenvalue weighted by molar-refractivity contribution is 8.04. The lowest BCUT2D eigenvalue weighted by Crippen LogP contribution is -2.32. The monoisotopic (exact) mass is 434 g/mol. The fraction of sp³-hybridized carbons (Fsp3) is 0.0833. The normalized spacial score (nSPS) is 13.9. The summed E-state index contributed by atoms with van der Waals surface area (Å²) in [7, 11) is 0. The molecular weight excluding hydrogens is 416 g/mol. The van der Waals surface area contributed by atoms with E-state index in [9.17, 15) is 9.59 Å². The lowest BCUT2D eigenvalue weighted by Gasteiger charge is -2.16. The van der Waals surface area contributed by atoms with E-state index in [1.807, 2.05) is 62.4 Å². The fourth-order valence-corrected chi connectivity index (χ4v) is 4.32. The summed E-state index contributed by atoms with van der Waals surface area (Å²) in [6, 6.07) is 22.1. The molecule has 0 saturated carbocycles. The highest BCUT2D eigenvalue weighted by Gasteiger charge is 2.40. The Morgan fingerprint density at radius 1 is 0.867 bits per heavy atom. The second kappa shape index (κ2) is 8.38. The highest BCUT2D eigenvalue weighted by atomic mass is 35.5. The molecule has 0 saturated heterocycles. The van der Waals surface area contributed by atoms with Gasteiger partial charge >= 0.3 is 0 Å². The van der Waals surface area contributed by atoms with Gasteiger partial charge in [-0.05, 0) is 61.4 Å². The van der Waals surface area contributed by atoms with Crippen molar-refractivity contribution in [2.75, 3.05) is 10.2 Å². The van der Waals surface area contributed by atoms with Gasteiger partial charge in [-0.3, -0.25) is 9.59 Å². The SMILES string of the molecule is Cc1cccc(NC2=C(Sc3ccccc3)C(=O)N(c3cccc(Cl)c3)C2=O)c1C. The highest BCUT2D eigenvalue weighted by Crippen LogP contribution is 2.38. The van der Waals surface area contributed by atoms with E-state index in [0.29, 0.717) is 15.6 Å². The average molecular weight is 435 g/mol. The maximum absolute atomic E-state index is 13.4. The van der Waals surface area contributed by atoms with Gasteiger partial charge in [-0.15, -0.1) is 0 Å². The molecule has 0 aliphatic carbocycles. The molecule has 4 rings (SSSR count). The van der Waals surface area contributed by atoms with Gasteiger partial charge in [-0.1, -0.05) is 59.8 Å². The van der Waals surface area contributed by atoms with Crippen LogP contribution in [0.2, 0.25) is 5.02 Å². The number of rotatable bonds is 5. The molecule has 2 amide bonds. The number of hydrogen-bond donors (Lipinski definition) is 1. The number of thioether (sulfide) groups is 1. The molecule has 150 valence electrons. The molecule has 3 aromatic carbocycles. The number of nitrogens with one attached hydrogen (secondary N) is 1. The quantitative estimate of drug-likeness (QED) is 0.504. The minimum absolute atomic E-state index is 0.266. The molecule has 0 aromatic heterocycles. The molecular formula is C24H19ClN2O2S. The van der Waals surface area contributed by atoms with Crippen molar-refractivity contribution in [3.63, 3.8) is 0 Å². The van der Waals surface area contributed by atoms with E-state index < -0.39 is 5.91 Å². The fourth-order valence-electron chi connectivity index (χ4n) is 3.19. The van der Waals surface area contributed by atoms with E-state index in [1.165, 1.54) is 16.7 Å². The van der Waals surface area contributed by atoms with Crippen molar-refractivity contribution in [1.82, 2.24) is 0 Å². The topological polar surface area (TPSA) is 49.4 Å². The van der Waals surface area contributed by atoms with Crippen LogP contribution in [0.15, 0.2) is 88.3 Å². The third kappa shape index (κ3) is 3.86. The number of aryl methyl sites for hydroxylation is 1. The van der Waals surface area contributed by atoms with Gasteiger partial charge in [-0.2, -0.15) is 0 Å². The summed E-state index contributed by atoms with van der Waals surface area (Å²) >= 11 is 7.38. The van der Waals surface area contributed by atoms with Gasteiger partial charge in [0.05, 0.1) is 5.69 Å². The van der Waals surface area contributed by atoms with Crippen molar-refractivity contribution in [3.8, 4) is 0 Å². The summed E-state index contributed by atoms with van der Waals surface area (Å²) in [5.74, 6) is -0.773. The summed E-state index contributed by atoms with van der Waals surface area (Å²) in [6.07, 6.45) is 0. The number of imide groups is 1. The summed E-state index contributed by atoms with van der Waals surface area (Å²) in [5, 5.41) is 3.69. The number of halogens is 1. The van der Waals surface area contributed by atoms with Crippen molar-refractivity contribution in [3.05, 3.63) is 99.5 Å². The van der Waals surface area contributed by atoms with E-state index in [0.717, 1.165) is 21.7 Å². The molecule has 1 aliphatic heterocycles. The zero-order valence-electron chi connectivity index (χ0n) is 16.5. The lowest BCUT2D eigenvalue weighted by molar-refractivity contribution is -0.120. The van der Waals surface area contributed by atoms with Crippen LogP contribution in [-0.4, -0.2) is 11.8 Å². The maximum Gasteiger partial charge on any atom is 0.283 e. The van der Waals surface area contributed by atoms with Crippen molar-refractivity contribution in [2.45, 2.75) is 18.7 Å². The molecule has 1 N–H and O–H groups in total. The van der Waals surface area contributed by atoms with Crippen LogP contribution in [0.1, 0.15) is 11.1 Å². The second-order valence-electron chi connectivity index (χ2n) is 6.92. The minimum Gasteiger partial charge on any atom is -0.350 e. The van der Waals surface area contributed by atoms with Crippen LogP contribution in [0.25, 0.3) is 0 Å². The van der Waals surface area contributed by atoms with Crippen LogP contribution < -0.4 is 10.2 Å². The first-order valence-electron chi connectivity index (χ1n) is 9.40. The Morgan fingerprint density at radius 2 is 1.60 bits per heavy atom. The third-order valence-corrected chi connectivity index (χ3v) is 6.26. The van der Waals surface area contributed by atoms with Gasteiger partial charge in [-0.25, -0.2) is 4.90 Å². The Labute approximate surface area is 184 Å². The zero-order chi connectivity index (χ0) is 21.3. The molecule has 0 unspecified atom stereocenters. The largest absolute Gasteiger partial charge is 0.350 e. The molecule has 0 bridgehead atoms. The Bertz CT molecular complexity index is 1170. The smallest absolute Gasteiger partial charge is 0.283 e. The Balaban J connectivity index is 1.78. The van der Waals surface area contributed by atoms with Gasteiger partial charge in [0.25, 0.3) is 11.8 Å². The molecule has 0 fully saturated rings. The molecule has 30 heavy (non-hydrogen) atoms. The van der Waals surface area contributed by atoms with Crippen molar-refractivity contribution in [1.29, 1.82) is 0 Å². The second-order valence-corrected chi connectivity index (χ2v) is 8.44. The van der Waals surface area contributed by atoms with Crippen LogP contribution in [0.3, 0.4) is 0 Å². The maximum atomic E-state index is 13.4. The lowest BCUT2D eigenvalue weighted by atomic mass is 10.1. The summed E-state index contributed by atoms with van der Waals surface area (Å²) < 4.78 is 0. The number of nitrogens with zero attached hydrogens (tertiary/aromatic N) is 1. The summed E-state index contributed by atoms with van der Waals surface area (Å²) in [4.78, 5) is 29.1. The molecule has 6 heteroatoms. The molecule has 0 spiro atoms. The van der Waals surface area contributed by atoms with Crippen LogP contribution in [0, 0.1) is 13.8 Å². The van der Waals surface area contributed by atoms with Crippen LogP contribution in [-0.2, 0) is 9.59 Å². The van der Waals surface area contributed by atoms with Gasteiger partial charge in [0.1, 0.15) is 10.6 Å². The molecule has 1 heterocycles. The molecule has 3 aromatic rings. The van der Waals surface area contributed by atoms with Gasteiger partial charge in [0.2, 0.25) is 0 Å². The molecule has 4 nitrogen and oxygen atoms in total. The van der Waals surface area contributed by atoms with E-state index >= 15 is 0 Å². The van der Waals surface area contributed by atoms with E-state index in [-0.39, 0.29) is 11.6 Å². The number of anilines is 2. The number of hydrogen-bond acceptors (Lipinski definition) is 4. The van der Waals surface area contributed by atoms with E-state index in [1.54, 1.807) is 24.3 Å². The van der Waals surface area contributed by atoms with Crippen LogP contribution in [0.5, 0.6) is 0 Å². The number of benzene rings is 3. The standard InChI is InChI=1S/C24H19ClN2O2S/c1-15-8-6-13-20(16(15)2)26-21-22(30-19-11-4-3-5-12-19)24(29)27(23(21)28)18-10-7-9-17(25)14-18/h3-14,26H,1-2H3. The number of amides is 2. The summed E-state index contributed by atoms with van der Waals surface area (Å²) in [6.45, 7) is 3.99. The Morgan fingerprint density at radius 3 is 2.33 bits per heavy atom. The molecule has 1 aliphatic rings. The van der Waals surface area contributed by atoms with Crippen LogP contribution in [0.4, 0.5) is 11.4 Å². The van der Waals surface area contributed by atoms with Crippen molar-refractivity contribution >= 4 is 46.6 Å². The Hall–Kier alpha value is -3.02. The predicted molar refractivity (Wildman–Crippen MR) is 123 cm³/mol. The Kier molecular flexibility index (Phi) is 5.66. The summed E-state index contributed by atoms with van der Waals surface area (Å²) in [5.41, 5.74) is 3.63.